The lowest BCUT2D eigenvalue weighted by Crippen LogP contribution is -2.31. The molecule has 1 fully saturated rings. The summed E-state index contributed by atoms with van der Waals surface area (Å²) in [6.07, 6.45) is 10.4. The van der Waals surface area contributed by atoms with Gasteiger partial charge in [-0.25, -0.2) is 4.57 Å². The van der Waals surface area contributed by atoms with Crippen molar-refractivity contribution in [1.29, 1.82) is 0 Å². The van der Waals surface area contributed by atoms with Crippen LogP contribution in [-0.4, -0.2) is 0 Å². The predicted molar refractivity (Wildman–Crippen MR) is 133 cm³/mol. The van der Waals surface area contributed by atoms with Crippen LogP contribution in [0.2, 0.25) is 0 Å². The van der Waals surface area contributed by atoms with E-state index < -0.39 is 0 Å². The van der Waals surface area contributed by atoms with Crippen molar-refractivity contribution in [2.75, 3.05) is 0 Å². The highest BCUT2D eigenvalue weighted by Crippen LogP contribution is 2.39. The van der Waals surface area contributed by atoms with Crippen molar-refractivity contribution in [3.8, 4) is 11.3 Å². The van der Waals surface area contributed by atoms with Crippen LogP contribution >= 0.6 is 0 Å². The van der Waals surface area contributed by atoms with E-state index in [0.29, 0.717) is 0 Å². The molecule has 2 aromatic heterocycles. The molecule has 160 valence electrons. The van der Waals surface area contributed by atoms with Crippen LogP contribution in [0.15, 0.2) is 71.3 Å². The van der Waals surface area contributed by atoms with E-state index in [4.69, 9.17) is 4.42 Å². The molecule has 0 N–H and O–H groups in total. The Morgan fingerprint density at radius 1 is 0.844 bits per heavy atom. The van der Waals surface area contributed by atoms with Crippen molar-refractivity contribution >= 4 is 32.7 Å². The summed E-state index contributed by atoms with van der Waals surface area (Å²) in [5, 5.41) is 4.79. The first-order valence-electron chi connectivity index (χ1n) is 12.0. The summed E-state index contributed by atoms with van der Waals surface area (Å²) in [5.74, 6) is 0.832. The van der Waals surface area contributed by atoms with Gasteiger partial charge in [-0.3, -0.25) is 0 Å². The second kappa shape index (κ2) is 7.78. The molecule has 0 aliphatic heterocycles. The van der Waals surface area contributed by atoms with Crippen LogP contribution in [0.25, 0.3) is 44.0 Å². The van der Waals surface area contributed by atoms with Crippen molar-refractivity contribution in [1.82, 2.24) is 0 Å². The Bertz CT molecular complexity index is 1450. The Kier molecular flexibility index (Phi) is 4.75. The van der Waals surface area contributed by atoms with Gasteiger partial charge in [0.25, 0.3) is 0 Å². The first kappa shape index (κ1) is 19.5. The normalized spacial score (nSPS) is 15.2. The maximum atomic E-state index is 6.66. The molecular weight excluding hydrogens is 390 g/mol. The minimum Gasteiger partial charge on any atom is -0.454 e. The molecule has 0 atom stereocenters. The molecule has 3 aromatic carbocycles. The number of aromatic nitrogens is 1. The van der Waals surface area contributed by atoms with Gasteiger partial charge in [0, 0.05) is 28.3 Å². The van der Waals surface area contributed by atoms with E-state index >= 15 is 0 Å². The van der Waals surface area contributed by atoms with Crippen molar-refractivity contribution < 1.29 is 8.98 Å². The third-order valence-corrected chi connectivity index (χ3v) is 7.46. The minimum atomic E-state index is 0.832. The van der Waals surface area contributed by atoms with Crippen molar-refractivity contribution in [3.63, 3.8) is 0 Å². The molecule has 5 aromatic rings. The molecule has 6 rings (SSSR count). The molecule has 0 radical (unpaired) electrons. The number of nitrogens with zero attached hydrogens (tertiary/aromatic N) is 1. The van der Waals surface area contributed by atoms with Crippen LogP contribution in [0.3, 0.4) is 0 Å². The van der Waals surface area contributed by atoms with Gasteiger partial charge in [-0.1, -0.05) is 74.6 Å². The molecule has 0 unspecified atom stereocenters. The molecule has 1 aliphatic carbocycles. The van der Waals surface area contributed by atoms with E-state index in [2.05, 4.69) is 85.4 Å². The second-order valence-corrected chi connectivity index (χ2v) is 9.64. The zero-order valence-electron chi connectivity index (χ0n) is 19.0. The molecule has 0 spiro atoms. The number of benzene rings is 3. The van der Waals surface area contributed by atoms with Crippen molar-refractivity contribution in [2.45, 2.75) is 45.4 Å². The summed E-state index contributed by atoms with van der Waals surface area (Å²) in [6.45, 7) is 2.20. The fourth-order valence-electron chi connectivity index (χ4n) is 5.70. The topological polar surface area (TPSA) is 17.0 Å². The Morgan fingerprint density at radius 2 is 1.62 bits per heavy atom. The lowest BCUT2D eigenvalue weighted by molar-refractivity contribution is -0.660. The van der Waals surface area contributed by atoms with Gasteiger partial charge in [-0.15, -0.1) is 0 Å². The second-order valence-electron chi connectivity index (χ2n) is 9.64. The molecule has 32 heavy (non-hydrogen) atoms. The van der Waals surface area contributed by atoms with Gasteiger partial charge in [-0.2, -0.15) is 0 Å². The fourth-order valence-corrected chi connectivity index (χ4v) is 5.70. The van der Waals surface area contributed by atoms with Gasteiger partial charge < -0.3 is 4.42 Å². The van der Waals surface area contributed by atoms with E-state index in [1.54, 1.807) is 0 Å². The van der Waals surface area contributed by atoms with Crippen LogP contribution in [-0.2, 0) is 13.5 Å². The van der Waals surface area contributed by atoms with Gasteiger partial charge in [0.05, 0.1) is 5.56 Å². The maximum Gasteiger partial charge on any atom is 0.216 e. The fraction of sp³-hybridized carbons (Fsp3) is 0.300. The first-order chi connectivity index (χ1) is 15.7. The van der Waals surface area contributed by atoms with Crippen LogP contribution in [0.1, 0.15) is 43.2 Å². The Morgan fingerprint density at radius 3 is 2.50 bits per heavy atom. The van der Waals surface area contributed by atoms with Crippen LogP contribution in [0, 0.1) is 12.8 Å². The number of rotatable bonds is 3. The lowest BCUT2D eigenvalue weighted by atomic mass is 9.85. The molecule has 0 bridgehead atoms. The zero-order chi connectivity index (χ0) is 21.7. The Hall–Kier alpha value is -3.13. The number of hydrogen-bond donors (Lipinski definition) is 0. The summed E-state index contributed by atoms with van der Waals surface area (Å²) in [4.78, 5) is 0. The van der Waals surface area contributed by atoms with E-state index in [1.165, 1.54) is 82.5 Å². The van der Waals surface area contributed by atoms with Gasteiger partial charge >= 0.3 is 0 Å². The van der Waals surface area contributed by atoms with Gasteiger partial charge in [-0.05, 0) is 41.8 Å². The standard InChI is InChI=1S/C30H30NO/c1-20-12-14-26-25-15-13-23-10-6-7-11-24(23)29(25)32-30(26)28(20)27-19-22(16-17-31(27)2)18-21-8-4-3-5-9-21/h6-7,10-17,19,21H,3-5,8-9,18H2,1-2H3/q+1. The number of hydrogen-bond acceptors (Lipinski definition) is 1. The van der Waals surface area contributed by atoms with Crippen LogP contribution in [0.4, 0.5) is 0 Å². The van der Waals surface area contributed by atoms with E-state index in [-0.39, 0.29) is 0 Å². The van der Waals surface area contributed by atoms with Gasteiger partial charge in [0.15, 0.2) is 6.20 Å². The summed E-state index contributed by atoms with van der Waals surface area (Å²) < 4.78 is 8.91. The number of pyridine rings is 1. The largest absolute Gasteiger partial charge is 0.454 e. The minimum absolute atomic E-state index is 0.832. The third-order valence-electron chi connectivity index (χ3n) is 7.46. The Balaban J connectivity index is 1.55. The monoisotopic (exact) mass is 420 g/mol. The van der Waals surface area contributed by atoms with Crippen LogP contribution < -0.4 is 4.57 Å². The van der Waals surface area contributed by atoms with E-state index in [0.717, 1.165) is 17.1 Å². The zero-order valence-corrected chi connectivity index (χ0v) is 19.0. The smallest absolute Gasteiger partial charge is 0.216 e. The van der Waals surface area contributed by atoms with Crippen molar-refractivity contribution in [2.24, 2.45) is 13.0 Å². The molecule has 2 heteroatoms. The highest BCUT2D eigenvalue weighted by atomic mass is 16.3. The first-order valence-corrected chi connectivity index (χ1v) is 12.0. The van der Waals surface area contributed by atoms with E-state index in [1.807, 2.05) is 0 Å². The third kappa shape index (κ3) is 3.21. The average Bonchev–Trinajstić information content (AvgIpc) is 3.20. The molecule has 2 nitrogen and oxygen atoms in total. The summed E-state index contributed by atoms with van der Waals surface area (Å²) >= 11 is 0. The molecular formula is C30H30NO+. The average molecular weight is 421 g/mol. The molecule has 1 aliphatic rings. The molecule has 1 saturated carbocycles. The van der Waals surface area contributed by atoms with Gasteiger partial charge in [0.2, 0.25) is 5.69 Å². The highest BCUT2D eigenvalue weighted by Gasteiger charge is 2.23. The van der Waals surface area contributed by atoms with E-state index in [9.17, 15) is 0 Å². The lowest BCUT2D eigenvalue weighted by Gasteiger charge is -2.21. The molecule has 0 amide bonds. The SMILES string of the molecule is Cc1ccc2c(oc3c4ccccc4ccc23)c1-c1cc(CC2CCCCC2)cc[n+]1C. The summed E-state index contributed by atoms with van der Waals surface area (Å²) in [5.41, 5.74) is 7.16. The number of fused-ring (bicyclic) bond motifs is 5. The highest BCUT2D eigenvalue weighted by molar-refractivity contribution is 6.17. The predicted octanol–water partition coefficient (Wildman–Crippen LogP) is 7.66. The Labute approximate surface area is 189 Å². The van der Waals surface area contributed by atoms with Crippen molar-refractivity contribution in [3.05, 3.63) is 78.0 Å². The number of furan rings is 1. The summed E-state index contributed by atoms with van der Waals surface area (Å²) in [7, 11) is 2.15. The molecule has 0 saturated heterocycles. The quantitative estimate of drug-likeness (QED) is 0.274. The van der Waals surface area contributed by atoms with Crippen LogP contribution in [0.5, 0.6) is 0 Å². The maximum absolute atomic E-state index is 6.66. The molecule has 2 heterocycles. The van der Waals surface area contributed by atoms with Gasteiger partial charge in [0.1, 0.15) is 18.2 Å². The summed E-state index contributed by atoms with van der Waals surface area (Å²) in [6, 6.07) is 22.1. The number of aryl methyl sites for hydroxylation is 2.